The molecule has 0 atom stereocenters. The zero-order valence-electron chi connectivity index (χ0n) is 10.7. The minimum Gasteiger partial charge on any atom is -0.508 e. The van der Waals surface area contributed by atoms with Crippen LogP contribution in [0.5, 0.6) is 5.75 Å². The minimum absolute atomic E-state index is 0.270. The van der Waals surface area contributed by atoms with Gasteiger partial charge in [0, 0.05) is 29.5 Å². The third-order valence-corrected chi connectivity index (χ3v) is 3.30. The van der Waals surface area contributed by atoms with Crippen molar-refractivity contribution >= 4 is 11.6 Å². The number of phenols is 1. The maximum atomic E-state index is 9.52. The molecule has 3 aromatic rings. The predicted octanol–water partition coefficient (Wildman–Crippen LogP) is 3.96. The molecule has 4 heteroatoms. The van der Waals surface area contributed by atoms with Gasteiger partial charge in [-0.15, -0.1) is 0 Å². The molecule has 0 aliphatic rings. The normalized spacial score (nSPS) is 10.7. The number of hydrogen-bond donors (Lipinski definition) is 1. The fourth-order valence-electron chi connectivity index (χ4n) is 2.18. The first kappa shape index (κ1) is 12.8. The summed E-state index contributed by atoms with van der Waals surface area (Å²) in [5.74, 6) is 1.13. The van der Waals surface area contributed by atoms with Gasteiger partial charge >= 0.3 is 0 Å². The summed E-state index contributed by atoms with van der Waals surface area (Å²) in [6.07, 6.45) is 3.68. The highest BCUT2D eigenvalue weighted by atomic mass is 35.5. The fourth-order valence-corrected chi connectivity index (χ4v) is 2.37. The van der Waals surface area contributed by atoms with E-state index < -0.39 is 0 Å². The van der Waals surface area contributed by atoms with Crippen LogP contribution in [-0.2, 0) is 6.54 Å². The third kappa shape index (κ3) is 2.68. The van der Waals surface area contributed by atoms with Crippen molar-refractivity contribution in [2.24, 2.45) is 0 Å². The van der Waals surface area contributed by atoms with E-state index >= 15 is 0 Å². The Bertz CT molecular complexity index is 737. The summed E-state index contributed by atoms with van der Waals surface area (Å²) in [4.78, 5) is 4.39. The Balaban J connectivity index is 1.94. The zero-order valence-corrected chi connectivity index (χ0v) is 11.5. The maximum Gasteiger partial charge on any atom is 0.140 e. The Morgan fingerprint density at radius 2 is 1.95 bits per heavy atom. The molecule has 0 bridgehead atoms. The summed E-state index contributed by atoms with van der Waals surface area (Å²) in [5, 5.41) is 10.2. The van der Waals surface area contributed by atoms with E-state index in [0.717, 1.165) is 17.0 Å². The number of aromatic nitrogens is 2. The van der Waals surface area contributed by atoms with Crippen molar-refractivity contribution in [3.8, 4) is 17.1 Å². The van der Waals surface area contributed by atoms with Crippen molar-refractivity contribution < 1.29 is 5.11 Å². The smallest absolute Gasteiger partial charge is 0.140 e. The van der Waals surface area contributed by atoms with Crippen LogP contribution < -0.4 is 0 Å². The highest BCUT2D eigenvalue weighted by Crippen LogP contribution is 2.22. The first-order valence-corrected chi connectivity index (χ1v) is 6.65. The molecular formula is C16H13ClN2O. The molecule has 0 saturated carbocycles. The molecule has 0 saturated heterocycles. The Morgan fingerprint density at radius 3 is 2.75 bits per heavy atom. The summed E-state index contributed by atoms with van der Waals surface area (Å²) >= 11 is 6.02. The summed E-state index contributed by atoms with van der Waals surface area (Å²) in [5.41, 5.74) is 1.99. The number of phenolic OH excluding ortho intramolecular Hbond substituents is 1. The molecule has 0 fully saturated rings. The van der Waals surface area contributed by atoms with Crippen LogP contribution in [0.15, 0.2) is 60.9 Å². The number of nitrogens with zero attached hydrogens (tertiary/aromatic N) is 2. The number of halogens is 1. The SMILES string of the molecule is Oc1cccc(Cn2ccnc2-c2cccc(Cl)c2)c1. The van der Waals surface area contributed by atoms with Gasteiger partial charge in [0.05, 0.1) is 0 Å². The molecule has 0 aliphatic carbocycles. The summed E-state index contributed by atoms with van der Waals surface area (Å²) in [6, 6.07) is 14.8. The molecule has 0 aliphatic heterocycles. The Morgan fingerprint density at radius 1 is 1.10 bits per heavy atom. The van der Waals surface area contributed by atoms with E-state index in [0.29, 0.717) is 11.6 Å². The quantitative estimate of drug-likeness (QED) is 0.790. The number of benzene rings is 2. The van der Waals surface area contributed by atoms with Crippen molar-refractivity contribution in [3.63, 3.8) is 0 Å². The largest absolute Gasteiger partial charge is 0.508 e. The standard InChI is InChI=1S/C16H13ClN2O/c17-14-5-2-4-13(10-14)16-18-7-8-19(16)11-12-3-1-6-15(20)9-12/h1-10,20H,11H2. The Labute approximate surface area is 122 Å². The average molecular weight is 285 g/mol. The molecular weight excluding hydrogens is 272 g/mol. The van der Waals surface area contributed by atoms with E-state index in [4.69, 9.17) is 11.6 Å². The van der Waals surface area contributed by atoms with Gasteiger partial charge in [0.25, 0.3) is 0 Å². The van der Waals surface area contributed by atoms with Crippen LogP contribution in [0.25, 0.3) is 11.4 Å². The molecule has 100 valence electrons. The molecule has 2 aromatic carbocycles. The minimum atomic E-state index is 0.270. The lowest BCUT2D eigenvalue weighted by Gasteiger charge is -2.08. The van der Waals surface area contributed by atoms with Gasteiger partial charge in [0.2, 0.25) is 0 Å². The molecule has 3 rings (SSSR count). The Kier molecular flexibility index (Phi) is 3.44. The van der Waals surface area contributed by atoms with Gasteiger partial charge in [0.15, 0.2) is 0 Å². The van der Waals surface area contributed by atoms with Gasteiger partial charge < -0.3 is 9.67 Å². The van der Waals surface area contributed by atoms with Crippen molar-refractivity contribution in [3.05, 3.63) is 71.5 Å². The summed E-state index contributed by atoms with van der Waals surface area (Å²) in [6.45, 7) is 0.649. The van der Waals surface area contributed by atoms with Crippen LogP contribution in [0.4, 0.5) is 0 Å². The topological polar surface area (TPSA) is 38.0 Å². The molecule has 3 nitrogen and oxygen atoms in total. The first-order chi connectivity index (χ1) is 9.72. The third-order valence-electron chi connectivity index (χ3n) is 3.06. The second-order valence-corrected chi connectivity index (χ2v) is 5.00. The molecule has 20 heavy (non-hydrogen) atoms. The molecule has 1 heterocycles. The van der Waals surface area contributed by atoms with Crippen molar-refractivity contribution in [2.45, 2.75) is 6.54 Å². The molecule has 0 radical (unpaired) electrons. The van der Waals surface area contributed by atoms with E-state index in [1.54, 1.807) is 18.3 Å². The lowest BCUT2D eigenvalue weighted by Crippen LogP contribution is -2.00. The van der Waals surface area contributed by atoms with E-state index in [1.807, 2.05) is 47.2 Å². The second-order valence-electron chi connectivity index (χ2n) is 4.56. The highest BCUT2D eigenvalue weighted by Gasteiger charge is 2.07. The van der Waals surface area contributed by atoms with Gasteiger partial charge in [0.1, 0.15) is 11.6 Å². The molecule has 1 aromatic heterocycles. The van der Waals surface area contributed by atoms with Crippen molar-refractivity contribution in [1.82, 2.24) is 9.55 Å². The highest BCUT2D eigenvalue weighted by molar-refractivity contribution is 6.30. The van der Waals surface area contributed by atoms with Gasteiger partial charge in [-0.2, -0.15) is 0 Å². The summed E-state index contributed by atoms with van der Waals surface area (Å²) in [7, 11) is 0. The lowest BCUT2D eigenvalue weighted by atomic mass is 10.2. The number of hydrogen-bond acceptors (Lipinski definition) is 2. The first-order valence-electron chi connectivity index (χ1n) is 6.27. The van der Waals surface area contributed by atoms with Crippen LogP contribution in [0.3, 0.4) is 0 Å². The predicted molar refractivity (Wildman–Crippen MR) is 79.9 cm³/mol. The molecule has 0 spiro atoms. The van der Waals surface area contributed by atoms with Crippen LogP contribution in [-0.4, -0.2) is 14.7 Å². The van der Waals surface area contributed by atoms with E-state index in [2.05, 4.69) is 4.98 Å². The van der Waals surface area contributed by atoms with Crippen molar-refractivity contribution in [2.75, 3.05) is 0 Å². The fraction of sp³-hybridized carbons (Fsp3) is 0.0625. The average Bonchev–Trinajstić information content (AvgIpc) is 2.87. The van der Waals surface area contributed by atoms with Gasteiger partial charge in [-0.3, -0.25) is 0 Å². The molecule has 0 amide bonds. The second kappa shape index (κ2) is 5.39. The maximum absolute atomic E-state index is 9.52. The molecule has 0 unspecified atom stereocenters. The van der Waals surface area contributed by atoms with Crippen LogP contribution in [0.1, 0.15) is 5.56 Å². The van der Waals surface area contributed by atoms with Crippen LogP contribution in [0, 0.1) is 0 Å². The number of imidazole rings is 1. The van der Waals surface area contributed by atoms with Crippen LogP contribution >= 0.6 is 11.6 Å². The number of aromatic hydroxyl groups is 1. The lowest BCUT2D eigenvalue weighted by molar-refractivity contribution is 0.474. The van der Waals surface area contributed by atoms with Gasteiger partial charge in [-0.1, -0.05) is 35.9 Å². The van der Waals surface area contributed by atoms with E-state index in [9.17, 15) is 5.11 Å². The van der Waals surface area contributed by atoms with E-state index in [1.165, 1.54) is 0 Å². The van der Waals surface area contributed by atoms with Crippen molar-refractivity contribution in [1.29, 1.82) is 0 Å². The molecule has 1 N–H and O–H groups in total. The van der Waals surface area contributed by atoms with Crippen LogP contribution in [0.2, 0.25) is 5.02 Å². The summed E-state index contributed by atoms with van der Waals surface area (Å²) < 4.78 is 2.03. The van der Waals surface area contributed by atoms with Gasteiger partial charge in [-0.05, 0) is 29.8 Å². The van der Waals surface area contributed by atoms with Gasteiger partial charge in [-0.25, -0.2) is 4.98 Å². The monoisotopic (exact) mass is 284 g/mol. The Hall–Kier alpha value is -2.26. The number of rotatable bonds is 3. The van der Waals surface area contributed by atoms with E-state index in [-0.39, 0.29) is 5.75 Å². The zero-order chi connectivity index (χ0) is 13.9.